The summed E-state index contributed by atoms with van der Waals surface area (Å²) >= 11 is 6.57. The van der Waals surface area contributed by atoms with Crippen LogP contribution in [0.1, 0.15) is 22.3 Å². The van der Waals surface area contributed by atoms with E-state index in [1.54, 1.807) is 13.3 Å². The van der Waals surface area contributed by atoms with Crippen molar-refractivity contribution in [3.05, 3.63) is 100 Å². The molecule has 0 aromatic heterocycles. The second-order valence-electron chi connectivity index (χ2n) is 7.51. The van der Waals surface area contributed by atoms with E-state index in [9.17, 15) is 0 Å². The predicted molar refractivity (Wildman–Crippen MR) is 129 cm³/mol. The lowest BCUT2D eigenvalue weighted by molar-refractivity contribution is 0.286. The molecule has 0 spiro atoms. The van der Waals surface area contributed by atoms with Gasteiger partial charge in [-0.1, -0.05) is 66.2 Å². The van der Waals surface area contributed by atoms with E-state index in [1.807, 2.05) is 37.3 Å². The lowest BCUT2D eigenvalue weighted by Gasteiger charge is -2.14. The monoisotopic (exact) mass is 429 g/mol. The Labute approximate surface area is 187 Å². The number of ether oxygens (including phenoxy) is 2. The van der Waals surface area contributed by atoms with Crippen LogP contribution in [-0.2, 0) is 6.61 Å². The first kappa shape index (κ1) is 21.0. The number of nitrogens with zero attached hydrogens (tertiary/aromatic N) is 1. The third kappa shape index (κ3) is 4.73. The Kier molecular flexibility index (Phi) is 6.24. The van der Waals surface area contributed by atoms with E-state index in [1.165, 1.54) is 10.9 Å². The van der Waals surface area contributed by atoms with Gasteiger partial charge in [-0.05, 0) is 65.1 Å². The minimum absolute atomic E-state index is 0.396. The van der Waals surface area contributed by atoms with Gasteiger partial charge in [-0.15, -0.1) is 0 Å². The number of rotatable bonds is 6. The van der Waals surface area contributed by atoms with Crippen LogP contribution in [0.2, 0.25) is 5.02 Å². The standard InChI is InChI=1S/C27H24ClNO2/c1-18-11-12-19(2)25(13-18)29-16-20-14-24(28)27(26(15-20)30-3)31-17-22-9-6-8-21-7-4-5-10-23(21)22/h4-16H,17H2,1-3H3. The van der Waals surface area contributed by atoms with Crippen LogP contribution in [0.25, 0.3) is 10.8 Å². The van der Waals surface area contributed by atoms with Gasteiger partial charge in [-0.2, -0.15) is 0 Å². The van der Waals surface area contributed by atoms with Crippen molar-refractivity contribution < 1.29 is 9.47 Å². The highest BCUT2D eigenvalue weighted by atomic mass is 35.5. The number of hydrogen-bond donors (Lipinski definition) is 0. The van der Waals surface area contributed by atoms with Gasteiger partial charge in [0.05, 0.1) is 17.8 Å². The van der Waals surface area contributed by atoms with Gasteiger partial charge in [-0.3, -0.25) is 4.99 Å². The lowest BCUT2D eigenvalue weighted by Crippen LogP contribution is -2.00. The van der Waals surface area contributed by atoms with Crippen LogP contribution in [-0.4, -0.2) is 13.3 Å². The molecule has 0 aliphatic heterocycles. The van der Waals surface area contributed by atoms with E-state index >= 15 is 0 Å². The van der Waals surface area contributed by atoms with Gasteiger partial charge < -0.3 is 9.47 Å². The summed E-state index contributed by atoms with van der Waals surface area (Å²) in [5.74, 6) is 1.11. The maximum Gasteiger partial charge on any atom is 0.180 e. The summed E-state index contributed by atoms with van der Waals surface area (Å²) in [7, 11) is 1.61. The van der Waals surface area contributed by atoms with Crippen LogP contribution in [0.3, 0.4) is 0 Å². The molecular formula is C27H24ClNO2. The maximum absolute atomic E-state index is 6.57. The summed E-state index contributed by atoms with van der Waals surface area (Å²) in [6.07, 6.45) is 1.80. The molecule has 0 aliphatic rings. The van der Waals surface area contributed by atoms with Gasteiger partial charge in [0.15, 0.2) is 11.5 Å². The Hall–Kier alpha value is -3.30. The number of aliphatic imine (C=N–C) groups is 1. The minimum atomic E-state index is 0.396. The maximum atomic E-state index is 6.57. The number of benzene rings is 4. The minimum Gasteiger partial charge on any atom is -0.493 e. The molecule has 0 N–H and O–H groups in total. The Balaban J connectivity index is 1.59. The Morgan fingerprint density at radius 1 is 0.935 bits per heavy atom. The Morgan fingerprint density at radius 2 is 1.74 bits per heavy atom. The van der Waals surface area contributed by atoms with Crippen LogP contribution < -0.4 is 9.47 Å². The van der Waals surface area contributed by atoms with Crippen LogP contribution in [0.5, 0.6) is 11.5 Å². The quantitative estimate of drug-likeness (QED) is 0.298. The molecule has 0 unspecified atom stereocenters. The number of hydrogen-bond acceptors (Lipinski definition) is 3. The molecule has 0 atom stereocenters. The van der Waals surface area contributed by atoms with Crippen molar-refractivity contribution in [3.63, 3.8) is 0 Å². The molecule has 4 heteroatoms. The number of fused-ring (bicyclic) bond motifs is 1. The lowest BCUT2D eigenvalue weighted by atomic mass is 10.1. The molecule has 3 nitrogen and oxygen atoms in total. The van der Waals surface area contributed by atoms with Gasteiger partial charge in [0.1, 0.15) is 6.61 Å². The second-order valence-corrected chi connectivity index (χ2v) is 7.92. The van der Waals surface area contributed by atoms with Gasteiger partial charge in [0, 0.05) is 6.21 Å². The zero-order chi connectivity index (χ0) is 21.8. The molecule has 0 radical (unpaired) electrons. The van der Waals surface area contributed by atoms with E-state index in [-0.39, 0.29) is 0 Å². The van der Waals surface area contributed by atoms with Crippen molar-refractivity contribution in [2.45, 2.75) is 20.5 Å². The average Bonchev–Trinajstić information content (AvgIpc) is 2.78. The molecule has 0 fully saturated rings. The summed E-state index contributed by atoms with van der Waals surface area (Å²) in [5.41, 5.74) is 5.17. The van der Waals surface area contributed by atoms with Crippen molar-refractivity contribution in [2.75, 3.05) is 7.11 Å². The normalized spacial score (nSPS) is 11.2. The zero-order valence-electron chi connectivity index (χ0n) is 17.9. The Morgan fingerprint density at radius 3 is 2.58 bits per heavy atom. The molecule has 4 aromatic rings. The molecule has 0 bridgehead atoms. The summed E-state index contributed by atoms with van der Waals surface area (Å²) in [6, 6.07) is 24.4. The highest BCUT2D eigenvalue weighted by Crippen LogP contribution is 2.37. The second kappa shape index (κ2) is 9.23. The molecular weight excluding hydrogens is 406 g/mol. The van der Waals surface area contributed by atoms with Crippen molar-refractivity contribution >= 4 is 34.3 Å². The van der Waals surface area contributed by atoms with Crippen molar-refractivity contribution in [1.29, 1.82) is 0 Å². The van der Waals surface area contributed by atoms with E-state index in [4.69, 9.17) is 21.1 Å². The molecule has 4 aromatic carbocycles. The summed E-state index contributed by atoms with van der Waals surface area (Å²) < 4.78 is 11.7. The first-order chi connectivity index (χ1) is 15.0. The molecule has 0 heterocycles. The van der Waals surface area contributed by atoms with Crippen LogP contribution in [0.4, 0.5) is 5.69 Å². The third-order valence-corrected chi connectivity index (χ3v) is 5.50. The van der Waals surface area contributed by atoms with E-state index in [2.05, 4.69) is 54.4 Å². The van der Waals surface area contributed by atoms with Gasteiger partial charge >= 0.3 is 0 Å². The molecule has 0 amide bonds. The predicted octanol–water partition coefficient (Wildman–Crippen LogP) is 7.45. The fourth-order valence-electron chi connectivity index (χ4n) is 3.53. The van der Waals surface area contributed by atoms with E-state index in [0.717, 1.165) is 27.8 Å². The van der Waals surface area contributed by atoms with Gasteiger partial charge in [0.25, 0.3) is 0 Å². The summed E-state index contributed by atoms with van der Waals surface area (Å²) in [6.45, 7) is 4.50. The topological polar surface area (TPSA) is 30.8 Å². The number of halogens is 1. The summed E-state index contributed by atoms with van der Waals surface area (Å²) in [5, 5.41) is 2.83. The van der Waals surface area contributed by atoms with Crippen molar-refractivity contribution in [2.24, 2.45) is 4.99 Å². The number of methoxy groups -OCH3 is 1. The van der Waals surface area contributed by atoms with E-state index < -0.39 is 0 Å². The van der Waals surface area contributed by atoms with Crippen LogP contribution >= 0.6 is 11.6 Å². The highest BCUT2D eigenvalue weighted by Gasteiger charge is 2.13. The van der Waals surface area contributed by atoms with Crippen molar-refractivity contribution in [1.82, 2.24) is 0 Å². The fraction of sp³-hybridized carbons (Fsp3) is 0.148. The van der Waals surface area contributed by atoms with E-state index in [0.29, 0.717) is 23.1 Å². The SMILES string of the molecule is COc1cc(C=Nc2cc(C)ccc2C)cc(Cl)c1OCc1cccc2ccccc12. The van der Waals surface area contributed by atoms with Crippen LogP contribution in [0, 0.1) is 13.8 Å². The van der Waals surface area contributed by atoms with Crippen LogP contribution in [0.15, 0.2) is 77.8 Å². The third-order valence-electron chi connectivity index (χ3n) is 5.22. The van der Waals surface area contributed by atoms with Crippen molar-refractivity contribution in [3.8, 4) is 11.5 Å². The molecule has 4 rings (SSSR count). The molecule has 0 saturated carbocycles. The molecule has 31 heavy (non-hydrogen) atoms. The summed E-state index contributed by atoms with van der Waals surface area (Å²) in [4.78, 5) is 4.63. The molecule has 156 valence electrons. The smallest absolute Gasteiger partial charge is 0.180 e. The van der Waals surface area contributed by atoms with Gasteiger partial charge in [-0.25, -0.2) is 0 Å². The molecule has 0 saturated heterocycles. The fourth-order valence-corrected chi connectivity index (χ4v) is 3.80. The first-order valence-electron chi connectivity index (χ1n) is 10.1. The van der Waals surface area contributed by atoms with Gasteiger partial charge in [0.2, 0.25) is 0 Å². The zero-order valence-corrected chi connectivity index (χ0v) is 18.6. The highest BCUT2D eigenvalue weighted by molar-refractivity contribution is 6.32. The average molecular weight is 430 g/mol. The first-order valence-corrected chi connectivity index (χ1v) is 10.5. The number of aryl methyl sites for hydroxylation is 2. The molecule has 0 aliphatic carbocycles. The Bertz CT molecular complexity index is 1260. The largest absolute Gasteiger partial charge is 0.493 e.